The number of aromatic nitrogens is 1. The number of amides is 1. The topological polar surface area (TPSA) is 54.4 Å². The van der Waals surface area contributed by atoms with E-state index in [9.17, 15) is 9.18 Å². The highest BCUT2D eigenvalue weighted by Crippen LogP contribution is 2.27. The number of hydrogen-bond donors (Lipinski definition) is 1. The van der Waals surface area contributed by atoms with Crippen molar-refractivity contribution < 1.29 is 9.18 Å². The molecular formula is C18H14FN3OS. The van der Waals surface area contributed by atoms with Crippen LogP contribution in [0.25, 0.3) is 10.6 Å². The molecule has 0 saturated heterocycles. The maximum atomic E-state index is 13.5. The highest BCUT2D eigenvalue weighted by Gasteiger charge is 2.15. The highest BCUT2D eigenvalue weighted by atomic mass is 32.1. The SMILES string of the molecule is Cc1sc(-c2ccccc2)nc1C(=O)N/N=C\c1ccccc1F. The van der Waals surface area contributed by atoms with Gasteiger partial charge in [-0.25, -0.2) is 14.8 Å². The standard InChI is InChI=1S/C18H14FN3OS/c1-12-16(21-18(24-12)13-7-3-2-4-8-13)17(23)22-20-11-14-9-5-6-10-15(14)19/h2-11H,1H3,(H,22,23)/b20-11-. The lowest BCUT2D eigenvalue weighted by Crippen LogP contribution is -2.19. The molecule has 2 aromatic carbocycles. The number of benzene rings is 2. The Kier molecular flexibility index (Phi) is 4.77. The first-order valence-electron chi connectivity index (χ1n) is 7.26. The summed E-state index contributed by atoms with van der Waals surface area (Å²) in [6.45, 7) is 1.83. The second-order valence-corrected chi connectivity index (χ2v) is 6.21. The fourth-order valence-corrected chi connectivity index (χ4v) is 3.02. The second-order valence-electron chi connectivity index (χ2n) is 5.01. The summed E-state index contributed by atoms with van der Waals surface area (Å²) in [5.41, 5.74) is 3.97. The van der Waals surface area contributed by atoms with Gasteiger partial charge in [0.1, 0.15) is 16.5 Å². The maximum Gasteiger partial charge on any atom is 0.291 e. The average molecular weight is 339 g/mol. The molecule has 3 aromatic rings. The number of aryl methyl sites for hydroxylation is 1. The fourth-order valence-electron chi connectivity index (χ4n) is 2.10. The number of thiazole rings is 1. The molecule has 0 radical (unpaired) electrons. The van der Waals surface area contributed by atoms with E-state index in [0.717, 1.165) is 15.4 Å². The van der Waals surface area contributed by atoms with Crippen LogP contribution in [0.1, 0.15) is 20.9 Å². The van der Waals surface area contributed by atoms with Crippen LogP contribution in [0.2, 0.25) is 0 Å². The first-order valence-corrected chi connectivity index (χ1v) is 8.07. The number of hydrogen-bond acceptors (Lipinski definition) is 4. The molecule has 120 valence electrons. The Balaban J connectivity index is 1.74. The summed E-state index contributed by atoms with van der Waals surface area (Å²) in [6, 6.07) is 15.8. The summed E-state index contributed by atoms with van der Waals surface area (Å²) in [5.74, 6) is -0.815. The van der Waals surface area contributed by atoms with Crippen LogP contribution in [0.3, 0.4) is 0 Å². The first-order chi connectivity index (χ1) is 11.6. The first kappa shape index (κ1) is 16.0. The number of carbonyl (C=O) groups excluding carboxylic acids is 1. The van der Waals surface area contributed by atoms with E-state index in [1.165, 1.54) is 23.6 Å². The van der Waals surface area contributed by atoms with Crippen LogP contribution < -0.4 is 5.43 Å². The number of hydrazone groups is 1. The van der Waals surface area contributed by atoms with Gasteiger partial charge in [0, 0.05) is 16.0 Å². The van der Waals surface area contributed by atoms with Crippen LogP contribution in [-0.2, 0) is 0 Å². The number of nitrogens with zero attached hydrogens (tertiary/aromatic N) is 2. The Hall–Kier alpha value is -2.86. The van der Waals surface area contributed by atoms with Crippen LogP contribution in [0.5, 0.6) is 0 Å². The summed E-state index contributed by atoms with van der Waals surface area (Å²) in [6.07, 6.45) is 1.27. The van der Waals surface area contributed by atoms with Crippen molar-refractivity contribution in [2.24, 2.45) is 5.10 Å². The third-order valence-corrected chi connectivity index (χ3v) is 4.33. The van der Waals surface area contributed by atoms with Gasteiger partial charge in [-0.1, -0.05) is 48.5 Å². The number of rotatable bonds is 4. The van der Waals surface area contributed by atoms with Crippen LogP contribution in [0, 0.1) is 12.7 Å². The van der Waals surface area contributed by atoms with E-state index >= 15 is 0 Å². The average Bonchev–Trinajstić information content (AvgIpc) is 2.99. The smallest absolute Gasteiger partial charge is 0.266 e. The minimum absolute atomic E-state index is 0.303. The van der Waals surface area contributed by atoms with Crippen molar-refractivity contribution in [3.8, 4) is 10.6 Å². The number of carbonyl (C=O) groups is 1. The van der Waals surface area contributed by atoms with Gasteiger partial charge in [-0.3, -0.25) is 4.79 Å². The minimum atomic E-state index is -0.418. The van der Waals surface area contributed by atoms with Crippen molar-refractivity contribution in [3.05, 3.63) is 76.5 Å². The summed E-state index contributed by atoms with van der Waals surface area (Å²) in [4.78, 5) is 17.4. The molecule has 0 aliphatic heterocycles. The molecule has 0 saturated carbocycles. The van der Waals surface area contributed by atoms with Crippen LogP contribution >= 0.6 is 11.3 Å². The fraction of sp³-hybridized carbons (Fsp3) is 0.0556. The molecule has 0 unspecified atom stereocenters. The zero-order valence-electron chi connectivity index (χ0n) is 12.9. The Bertz CT molecular complexity index is 890. The van der Waals surface area contributed by atoms with Gasteiger partial charge in [0.15, 0.2) is 0 Å². The largest absolute Gasteiger partial charge is 0.291 e. The molecular weight excluding hydrogens is 325 g/mol. The van der Waals surface area contributed by atoms with Crippen molar-refractivity contribution in [3.63, 3.8) is 0 Å². The highest BCUT2D eigenvalue weighted by molar-refractivity contribution is 7.15. The maximum absolute atomic E-state index is 13.5. The number of nitrogens with one attached hydrogen (secondary N) is 1. The molecule has 1 aromatic heterocycles. The van der Waals surface area contributed by atoms with E-state index in [4.69, 9.17) is 0 Å². The van der Waals surface area contributed by atoms with E-state index in [0.29, 0.717) is 11.3 Å². The zero-order chi connectivity index (χ0) is 16.9. The Morgan fingerprint density at radius 1 is 1.17 bits per heavy atom. The third-order valence-electron chi connectivity index (χ3n) is 3.31. The van der Waals surface area contributed by atoms with Crippen LogP contribution in [0.15, 0.2) is 59.7 Å². The van der Waals surface area contributed by atoms with Crippen molar-refractivity contribution in [2.45, 2.75) is 6.92 Å². The zero-order valence-corrected chi connectivity index (χ0v) is 13.7. The van der Waals surface area contributed by atoms with E-state index in [1.807, 2.05) is 37.3 Å². The Morgan fingerprint density at radius 3 is 2.62 bits per heavy atom. The second kappa shape index (κ2) is 7.14. The van der Waals surface area contributed by atoms with Gasteiger partial charge in [-0.2, -0.15) is 5.10 Å². The predicted octanol–water partition coefficient (Wildman–Crippen LogP) is 4.02. The van der Waals surface area contributed by atoms with Crippen molar-refractivity contribution in [2.75, 3.05) is 0 Å². The molecule has 6 heteroatoms. The van der Waals surface area contributed by atoms with Crippen molar-refractivity contribution >= 4 is 23.5 Å². The molecule has 1 heterocycles. The van der Waals surface area contributed by atoms with Crippen molar-refractivity contribution in [1.29, 1.82) is 0 Å². The summed E-state index contributed by atoms with van der Waals surface area (Å²) in [5, 5.41) is 4.58. The molecule has 0 bridgehead atoms. The molecule has 1 N–H and O–H groups in total. The molecule has 0 atom stereocenters. The lowest BCUT2D eigenvalue weighted by molar-refractivity contribution is 0.0950. The van der Waals surface area contributed by atoms with Crippen LogP contribution in [0.4, 0.5) is 4.39 Å². The predicted molar refractivity (Wildman–Crippen MR) is 93.7 cm³/mol. The summed E-state index contributed by atoms with van der Waals surface area (Å²) < 4.78 is 13.5. The number of halogens is 1. The normalized spacial score (nSPS) is 10.9. The Labute approximate surface area is 142 Å². The van der Waals surface area contributed by atoms with E-state index in [-0.39, 0.29) is 0 Å². The van der Waals surface area contributed by atoms with Crippen LogP contribution in [-0.4, -0.2) is 17.1 Å². The monoisotopic (exact) mass is 339 g/mol. The Morgan fingerprint density at radius 2 is 1.88 bits per heavy atom. The molecule has 4 nitrogen and oxygen atoms in total. The molecule has 0 spiro atoms. The van der Waals surface area contributed by atoms with Crippen molar-refractivity contribution in [1.82, 2.24) is 10.4 Å². The van der Waals surface area contributed by atoms with Gasteiger partial charge in [-0.05, 0) is 13.0 Å². The summed E-state index contributed by atoms with van der Waals surface area (Å²) >= 11 is 1.44. The van der Waals surface area contributed by atoms with E-state index in [2.05, 4.69) is 15.5 Å². The lowest BCUT2D eigenvalue weighted by atomic mass is 10.2. The van der Waals surface area contributed by atoms with Gasteiger partial charge < -0.3 is 0 Å². The quantitative estimate of drug-likeness (QED) is 0.576. The van der Waals surface area contributed by atoms with E-state index < -0.39 is 11.7 Å². The van der Waals surface area contributed by atoms with Gasteiger partial charge in [0.05, 0.1) is 6.21 Å². The molecule has 0 fully saturated rings. The molecule has 24 heavy (non-hydrogen) atoms. The molecule has 0 aliphatic rings. The summed E-state index contributed by atoms with van der Waals surface area (Å²) in [7, 11) is 0. The van der Waals surface area contributed by atoms with Gasteiger partial charge in [0.2, 0.25) is 0 Å². The third kappa shape index (κ3) is 3.55. The van der Waals surface area contributed by atoms with Gasteiger partial charge in [-0.15, -0.1) is 11.3 Å². The van der Waals surface area contributed by atoms with Gasteiger partial charge >= 0.3 is 0 Å². The minimum Gasteiger partial charge on any atom is -0.266 e. The molecule has 0 aliphatic carbocycles. The van der Waals surface area contributed by atoms with E-state index in [1.54, 1.807) is 18.2 Å². The molecule has 3 rings (SSSR count). The molecule has 1 amide bonds. The lowest BCUT2D eigenvalue weighted by Gasteiger charge is -1.98. The van der Waals surface area contributed by atoms with Gasteiger partial charge in [0.25, 0.3) is 5.91 Å².